The molecule has 0 fully saturated rings. The van der Waals surface area contributed by atoms with Crippen molar-refractivity contribution in [1.82, 2.24) is 0 Å². The number of fused-ring (bicyclic) bond motifs is 6. The van der Waals surface area contributed by atoms with Crippen LogP contribution in [-0.2, 0) is 31.1 Å². The van der Waals surface area contributed by atoms with E-state index < -0.39 is 31.1 Å². The molecule has 0 saturated carbocycles. The summed E-state index contributed by atoms with van der Waals surface area (Å²) in [5.74, 6) is 0. The Morgan fingerprint density at radius 3 is 1.92 bits per heavy atom. The molecule has 12 heteroatoms. The van der Waals surface area contributed by atoms with Gasteiger partial charge < -0.3 is 14.0 Å². The molecule has 1 aliphatic carbocycles. The van der Waals surface area contributed by atoms with E-state index in [0.29, 0.717) is 10.8 Å². The number of benzene rings is 4. The third-order valence-corrected chi connectivity index (χ3v) is 12.8. The molecule has 258 valence electrons. The van der Waals surface area contributed by atoms with Gasteiger partial charge in [-0.1, -0.05) is 55.8 Å². The molecular weight excluding hydrogens is 731 g/mol. The summed E-state index contributed by atoms with van der Waals surface area (Å²) < 4.78 is 72.1. The molecular formula is C39H36ClKN2O6S2. The predicted molar refractivity (Wildman–Crippen MR) is 197 cm³/mol. The number of rotatable bonds is 5. The normalized spacial score (nSPS) is 20.0. The summed E-state index contributed by atoms with van der Waals surface area (Å²) in [4.78, 5) is 1.67. The van der Waals surface area contributed by atoms with Gasteiger partial charge in [0.25, 0.3) is 0 Å². The molecule has 2 aliphatic heterocycles. The quantitative estimate of drug-likeness (QED) is 0.161. The summed E-state index contributed by atoms with van der Waals surface area (Å²) in [7, 11) is -5.09. The molecule has 8 nitrogen and oxygen atoms in total. The van der Waals surface area contributed by atoms with Crippen molar-refractivity contribution >= 4 is 70.5 Å². The summed E-state index contributed by atoms with van der Waals surface area (Å²) in [6, 6.07) is 16.7. The SMILES string of the molecule is CN1/C(=C\C=C2\CCC(/C=C/C3=[N+](C)c4ccc5cc(S(=O)(=O)[O-])ccc5c4C3(C)C)=C2Cl)C(C)(C)c2c1ccc1cc(S(=O)(=O)[O-])ccc21.[K+]. The second-order valence-electron chi connectivity index (χ2n) is 14.3. The second kappa shape index (κ2) is 13.2. The monoisotopic (exact) mass is 766 g/mol. The Hall–Kier alpha value is -2.42. The largest absolute Gasteiger partial charge is 1.00 e. The van der Waals surface area contributed by atoms with Crippen LogP contribution in [0.2, 0.25) is 0 Å². The zero-order chi connectivity index (χ0) is 36.1. The molecule has 0 amide bonds. The van der Waals surface area contributed by atoms with E-state index in [1.807, 2.05) is 38.4 Å². The fraction of sp³-hybridized carbons (Fsp3) is 0.256. The van der Waals surface area contributed by atoms with Crippen LogP contribution in [0.5, 0.6) is 0 Å². The van der Waals surface area contributed by atoms with Gasteiger partial charge >= 0.3 is 51.4 Å². The van der Waals surface area contributed by atoms with E-state index in [0.717, 1.165) is 73.7 Å². The molecule has 0 spiro atoms. The van der Waals surface area contributed by atoms with Crippen LogP contribution < -0.4 is 56.3 Å². The van der Waals surface area contributed by atoms with Gasteiger partial charge in [0.05, 0.1) is 15.2 Å². The molecule has 0 aromatic heterocycles. The van der Waals surface area contributed by atoms with Crippen LogP contribution in [0.4, 0.5) is 11.4 Å². The summed E-state index contributed by atoms with van der Waals surface area (Å²) >= 11 is 7.01. The van der Waals surface area contributed by atoms with Gasteiger partial charge in [-0.05, 0) is 107 Å². The summed E-state index contributed by atoms with van der Waals surface area (Å²) in [6.07, 6.45) is 9.98. The minimum absolute atomic E-state index is 0. The first-order valence-corrected chi connectivity index (χ1v) is 19.4. The molecule has 0 radical (unpaired) electrons. The van der Waals surface area contributed by atoms with Crippen LogP contribution in [0.25, 0.3) is 21.5 Å². The first kappa shape index (κ1) is 38.3. The third-order valence-electron chi connectivity index (χ3n) is 10.6. The minimum atomic E-state index is -4.56. The molecule has 4 aromatic rings. The van der Waals surface area contributed by atoms with E-state index in [4.69, 9.17) is 11.6 Å². The Balaban J connectivity index is 0.00000448. The summed E-state index contributed by atoms with van der Waals surface area (Å²) in [5, 5.41) is 3.94. The van der Waals surface area contributed by atoms with Crippen molar-refractivity contribution in [2.75, 3.05) is 19.0 Å². The van der Waals surface area contributed by atoms with Crippen molar-refractivity contribution < 1.29 is 81.9 Å². The number of allylic oxidation sites excluding steroid dienone is 8. The van der Waals surface area contributed by atoms with Gasteiger partial charge in [-0.3, -0.25) is 0 Å². The van der Waals surface area contributed by atoms with Crippen LogP contribution in [0.1, 0.15) is 51.7 Å². The molecule has 0 bridgehead atoms. The van der Waals surface area contributed by atoms with E-state index in [1.165, 1.54) is 24.3 Å². The van der Waals surface area contributed by atoms with E-state index in [1.54, 1.807) is 12.1 Å². The van der Waals surface area contributed by atoms with Gasteiger partial charge in [-0.15, -0.1) is 0 Å². The number of hydrogen-bond acceptors (Lipinski definition) is 7. The van der Waals surface area contributed by atoms with Crippen molar-refractivity contribution in [3.63, 3.8) is 0 Å². The molecule has 0 saturated heterocycles. The Labute approximate surface area is 346 Å². The number of anilines is 1. The molecule has 2 heterocycles. The first-order chi connectivity index (χ1) is 23.3. The summed E-state index contributed by atoms with van der Waals surface area (Å²) in [6.45, 7) is 8.56. The molecule has 3 aliphatic rings. The van der Waals surface area contributed by atoms with E-state index in [9.17, 15) is 25.9 Å². The Morgan fingerprint density at radius 1 is 0.765 bits per heavy atom. The van der Waals surface area contributed by atoms with Crippen molar-refractivity contribution in [1.29, 1.82) is 0 Å². The van der Waals surface area contributed by atoms with Crippen LogP contribution >= 0.6 is 11.6 Å². The topological polar surface area (TPSA) is 121 Å². The zero-order valence-electron chi connectivity index (χ0n) is 29.5. The van der Waals surface area contributed by atoms with Crippen LogP contribution in [-0.4, -0.2) is 50.3 Å². The fourth-order valence-corrected chi connectivity index (χ4v) is 9.47. The van der Waals surface area contributed by atoms with Crippen molar-refractivity contribution in [2.45, 2.75) is 61.2 Å². The second-order valence-corrected chi connectivity index (χ2v) is 17.4. The number of nitrogens with zero attached hydrogens (tertiary/aromatic N) is 2. The fourth-order valence-electron chi connectivity index (χ4n) is 8.14. The van der Waals surface area contributed by atoms with E-state index in [-0.39, 0.29) is 61.2 Å². The zero-order valence-corrected chi connectivity index (χ0v) is 35.0. The number of hydrogen-bond donors (Lipinski definition) is 0. The smallest absolute Gasteiger partial charge is 0.744 e. The third kappa shape index (κ3) is 6.37. The maximum Gasteiger partial charge on any atom is 1.00 e. The molecule has 0 atom stereocenters. The number of halogens is 1. The molecule has 0 unspecified atom stereocenters. The molecule has 7 rings (SSSR count). The van der Waals surface area contributed by atoms with Crippen molar-refractivity contribution in [2.24, 2.45) is 0 Å². The van der Waals surface area contributed by atoms with Gasteiger partial charge in [-0.25, -0.2) is 16.8 Å². The van der Waals surface area contributed by atoms with Gasteiger partial charge in [0.15, 0.2) is 5.71 Å². The van der Waals surface area contributed by atoms with Crippen LogP contribution in [0.15, 0.2) is 117 Å². The Morgan fingerprint density at radius 2 is 1.33 bits per heavy atom. The maximum atomic E-state index is 11.7. The first-order valence-electron chi connectivity index (χ1n) is 16.2. The van der Waals surface area contributed by atoms with Crippen LogP contribution in [0, 0.1) is 0 Å². The Bertz CT molecular complexity index is 2580. The number of likely N-dealkylation sites (N-methyl/N-ethyl adjacent to an activating group) is 1. The predicted octanol–water partition coefficient (Wildman–Crippen LogP) is 4.89. The standard InChI is InChI=1S/C39H37ClN2O6S2.K/c1-38(2)33(41(5)31-17-9-25-21-27(49(43,44)45)13-15-29(25)35(31)38)19-11-23-7-8-24(37(23)40)12-20-34-39(3,4)36-30-16-14-28(50(46,47)48)22-26(30)10-18-32(36)42(34)6;/h9-22H,7-8H2,1-6H3,(H-,43,44,45,46,47,48);/q;+1/p-1. The van der Waals surface area contributed by atoms with Gasteiger partial charge in [0, 0.05) is 46.6 Å². The van der Waals surface area contributed by atoms with E-state index in [2.05, 4.69) is 61.5 Å². The van der Waals surface area contributed by atoms with Gasteiger partial charge in [0.1, 0.15) is 27.3 Å². The molecule has 4 aromatic carbocycles. The summed E-state index contributed by atoms with van der Waals surface area (Å²) in [5.41, 5.74) is 7.57. The maximum absolute atomic E-state index is 11.7. The van der Waals surface area contributed by atoms with Crippen LogP contribution in [0.3, 0.4) is 0 Å². The molecule has 51 heavy (non-hydrogen) atoms. The van der Waals surface area contributed by atoms with Gasteiger partial charge in [-0.2, -0.15) is 4.58 Å². The Kier molecular flexibility index (Phi) is 9.88. The average molecular weight is 767 g/mol. The average Bonchev–Trinajstić information content (AvgIpc) is 3.56. The van der Waals surface area contributed by atoms with Crippen molar-refractivity contribution in [3.8, 4) is 0 Å². The minimum Gasteiger partial charge on any atom is -0.744 e. The van der Waals surface area contributed by atoms with Gasteiger partial charge in [0.2, 0.25) is 5.69 Å². The van der Waals surface area contributed by atoms with Crippen molar-refractivity contribution in [3.05, 3.63) is 118 Å². The van der Waals surface area contributed by atoms with E-state index >= 15 is 0 Å². The molecule has 0 N–H and O–H groups in total.